The fraction of sp³-hybridized carbons (Fsp3) is 0.321. The van der Waals surface area contributed by atoms with Crippen LogP contribution in [0.4, 0.5) is 11.4 Å². The van der Waals surface area contributed by atoms with Crippen molar-refractivity contribution in [1.29, 1.82) is 0 Å². The molecule has 3 heteroatoms. The number of hydrogen-bond donors (Lipinski definition) is 0. The quantitative estimate of drug-likeness (QED) is 0.465. The number of nitrogens with zero attached hydrogens (tertiary/aromatic N) is 3. The summed E-state index contributed by atoms with van der Waals surface area (Å²) in [5, 5.41) is 7.25. The highest BCUT2D eigenvalue weighted by atomic mass is 15.6. The lowest BCUT2D eigenvalue weighted by Crippen LogP contribution is -2.31. The number of para-hydroxylation sites is 1. The van der Waals surface area contributed by atoms with Gasteiger partial charge in [0.1, 0.15) is 6.67 Å². The topological polar surface area (TPSA) is 18.8 Å². The van der Waals surface area contributed by atoms with E-state index < -0.39 is 0 Å². The van der Waals surface area contributed by atoms with E-state index in [9.17, 15) is 0 Å². The second kappa shape index (κ2) is 7.88. The van der Waals surface area contributed by atoms with Crippen molar-refractivity contribution in [2.45, 2.75) is 52.4 Å². The fourth-order valence-electron chi connectivity index (χ4n) is 3.78. The van der Waals surface area contributed by atoms with Gasteiger partial charge in [0, 0.05) is 11.3 Å². The van der Waals surface area contributed by atoms with Crippen LogP contribution in [-0.4, -0.2) is 12.5 Å². The van der Waals surface area contributed by atoms with E-state index in [-0.39, 0.29) is 10.8 Å². The third-order valence-electron chi connectivity index (χ3n) is 5.79. The third-order valence-corrected chi connectivity index (χ3v) is 5.79. The Morgan fingerprint density at radius 3 is 1.68 bits per heavy atom. The molecule has 31 heavy (non-hydrogen) atoms. The zero-order valence-electron chi connectivity index (χ0n) is 19.6. The van der Waals surface area contributed by atoms with Crippen LogP contribution < -0.4 is 9.91 Å². The molecule has 0 saturated carbocycles. The van der Waals surface area contributed by atoms with Crippen LogP contribution in [-0.2, 0) is 10.8 Å². The van der Waals surface area contributed by atoms with Gasteiger partial charge in [-0.15, -0.1) is 0 Å². The van der Waals surface area contributed by atoms with Crippen molar-refractivity contribution in [1.82, 2.24) is 0 Å². The molecule has 0 amide bonds. The third kappa shape index (κ3) is 4.51. The van der Waals surface area contributed by atoms with Crippen LogP contribution in [0, 0.1) is 0 Å². The van der Waals surface area contributed by atoms with Crippen LogP contribution in [0.1, 0.15) is 58.2 Å². The molecule has 0 unspecified atom stereocenters. The van der Waals surface area contributed by atoms with Crippen molar-refractivity contribution in [3.8, 4) is 0 Å². The van der Waals surface area contributed by atoms with Gasteiger partial charge in [-0.05, 0) is 46.2 Å². The summed E-state index contributed by atoms with van der Waals surface area (Å²) in [6.45, 7) is 14.3. The number of rotatable bonds is 3. The Bertz CT molecular complexity index is 1040. The standard InChI is InChI=1S/C28H33N3/c1-27(2,3)22-17-23(28(4,5)6)19-25(18-22)31-20-30(24-15-11-8-12-16-24)26(29-31)21-13-9-7-10-14-21/h7-19H,20H2,1-6H3. The van der Waals surface area contributed by atoms with Crippen LogP contribution in [0.15, 0.2) is 84.0 Å². The Morgan fingerprint density at radius 1 is 0.645 bits per heavy atom. The molecule has 3 nitrogen and oxygen atoms in total. The summed E-state index contributed by atoms with van der Waals surface area (Å²) in [5.74, 6) is 0.977. The molecule has 0 aliphatic carbocycles. The first-order valence-electron chi connectivity index (χ1n) is 11.0. The summed E-state index contributed by atoms with van der Waals surface area (Å²) in [7, 11) is 0. The molecule has 160 valence electrons. The van der Waals surface area contributed by atoms with E-state index >= 15 is 0 Å². The lowest BCUT2D eigenvalue weighted by Gasteiger charge is -2.28. The highest BCUT2D eigenvalue weighted by Crippen LogP contribution is 2.35. The first-order valence-corrected chi connectivity index (χ1v) is 11.0. The summed E-state index contributed by atoms with van der Waals surface area (Å²) in [5.41, 5.74) is 6.23. The molecule has 0 saturated heterocycles. The van der Waals surface area contributed by atoms with Gasteiger partial charge in [-0.3, -0.25) is 0 Å². The van der Waals surface area contributed by atoms with Gasteiger partial charge in [0.2, 0.25) is 0 Å². The SMILES string of the molecule is CC(C)(C)c1cc(N2CN(c3ccccc3)C(c3ccccc3)=N2)cc(C(C)(C)C)c1. The first kappa shape index (κ1) is 21.2. The molecule has 4 rings (SSSR count). The molecule has 0 spiro atoms. The maximum Gasteiger partial charge on any atom is 0.162 e. The molecular weight excluding hydrogens is 378 g/mol. The zero-order chi connectivity index (χ0) is 22.2. The van der Waals surface area contributed by atoms with Gasteiger partial charge in [-0.1, -0.05) is 96.1 Å². The summed E-state index contributed by atoms with van der Waals surface area (Å²) in [4.78, 5) is 2.29. The van der Waals surface area contributed by atoms with Crippen LogP contribution >= 0.6 is 0 Å². The van der Waals surface area contributed by atoms with Crippen molar-refractivity contribution < 1.29 is 0 Å². The van der Waals surface area contributed by atoms with E-state index in [4.69, 9.17) is 5.10 Å². The minimum absolute atomic E-state index is 0.0703. The lowest BCUT2D eigenvalue weighted by molar-refractivity contribution is 0.568. The predicted molar refractivity (Wildman–Crippen MR) is 133 cm³/mol. The minimum Gasteiger partial charge on any atom is -0.304 e. The lowest BCUT2D eigenvalue weighted by atomic mass is 9.80. The van der Waals surface area contributed by atoms with Crippen LogP contribution in [0.5, 0.6) is 0 Å². The van der Waals surface area contributed by atoms with Gasteiger partial charge in [0.25, 0.3) is 0 Å². The van der Waals surface area contributed by atoms with Crippen molar-refractivity contribution in [2.24, 2.45) is 5.10 Å². The molecule has 0 fully saturated rings. The minimum atomic E-state index is 0.0703. The Labute approximate surface area is 187 Å². The van der Waals surface area contributed by atoms with E-state index in [1.165, 1.54) is 11.1 Å². The number of hydrogen-bond acceptors (Lipinski definition) is 3. The molecular formula is C28H33N3. The second-order valence-corrected chi connectivity index (χ2v) is 10.4. The van der Waals surface area contributed by atoms with Gasteiger partial charge < -0.3 is 4.90 Å². The molecule has 1 aliphatic heterocycles. The van der Waals surface area contributed by atoms with Gasteiger partial charge in [0.15, 0.2) is 5.84 Å². The van der Waals surface area contributed by atoms with Crippen LogP contribution in [0.25, 0.3) is 0 Å². The largest absolute Gasteiger partial charge is 0.304 e. The van der Waals surface area contributed by atoms with Gasteiger partial charge >= 0.3 is 0 Å². The molecule has 0 atom stereocenters. The van der Waals surface area contributed by atoms with Crippen molar-refractivity contribution in [2.75, 3.05) is 16.6 Å². The highest BCUT2D eigenvalue weighted by Gasteiger charge is 2.28. The van der Waals surface area contributed by atoms with E-state index in [0.29, 0.717) is 6.67 Å². The van der Waals surface area contributed by atoms with Gasteiger partial charge in [-0.2, -0.15) is 5.10 Å². The number of anilines is 2. The Balaban J connectivity index is 1.82. The normalized spacial score (nSPS) is 14.7. The maximum absolute atomic E-state index is 5.11. The molecule has 3 aromatic rings. The zero-order valence-corrected chi connectivity index (χ0v) is 19.6. The number of hydrazone groups is 1. The Hall–Kier alpha value is -3.07. The van der Waals surface area contributed by atoms with Gasteiger partial charge in [-0.25, -0.2) is 5.01 Å². The second-order valence-electron chi connectivity index (χ2n) is 10.4. The van der Waals surface area contributed by atoms with Crippen LogP contribution in [0.3, 0.4) is 0 Å². The van der Waals surface area contributed by atoms with Crippen molar-refractivity contribution in [3.05, 3.63) is 95.6 Å². The van der Waals surface area contributed by atoms with Crippen molar-refractivity contribution in [3.63, 3.8) is 0 Å². The number of benzene rings is 3. The summed E-state index contributed by atoms with van der Waals surface area (Å²) in [6, 6.07) is 27.9. The fourth-order valence-corrected chi connectivity index (χ4v) is 3.78. The van der Waals surface area contributed by atoms with Crippen LogP contribution in [0.2, 0.25) is 0 Å². The van der Waals surface area contributed by atoms with Gasteiger partial charge in [0.05, 0.1) is 5.69 Å². The summed E-state index contributed by atoms with van der Waals surface area (Å²) in [6.07, 6.45) is 0. The predicted octanol–water partition coefficient (Wildman–Crippen LogP) is 6.93. The van der Waals surface area contributed by atoms with E-state index in [1.807, 2.05) is 6.07 Å². The molecule has 0 N–H and O–H groups in total. The summed E-state index contributed by atoms with van der Waals surface area (Å²) < 4.78 is 0. The molecule has 1 heterocycles. The monoisotopic (exact) mass is 411 g/mol. The molecule has 3 aromatic carbocycles. The molecule has 1 aliphatic rings. The van der Waals surface area contributed by atoms with E-state index in [0.717, 1.165) is 22.8 Å². The molecule has 0 radical (unpaired) electrons. The van der Waals surface area contributed by atoms with Crippen molar-refractivity contribution >= 4 is 17.2 Å². The molecule has 0 bridgehead atoms. The van der Waals surface area contributed by atoms with E-state index in [1.54, 1.807) is 0 Å². The average Bonchev–Trinajstić information content (AvgIpc) is 3.19. The smallest absolute Gasteiger partial charge is 0.162 e. The summed E-state index contributed by atoms with van der Waals surface area (Å²) >= 11 is 0. The highest BCUT2D eigenvalue weighted by molar-refractivity contribution is 6.11. The first-order chi connectivity index (χ1) is 14.6. The Morgan fingerprint density at radius 2 is 1.16 bits per heavy atom. The number of amidine groups is 1. The Kier molecular flexibility index (Phi) is 5.38. The molecule has 0 aromatic heterocycles. The van der Waals surface area contributed by atoms with E-state index in [2.05, 4.69) is 124 Å². The average molecular weight is 412 g/mol. The maximum atomic E-state index is 5.11.